The van der Waals surface area contributed by atoms with Gasteiger partial charge in [-0.3, -0.25) is 4.79 Å². The number of fused-ring (bicyclic) bond motifs is 1. The van der Waals surface area contributed by atoms with Crippen LogP contribution in [0.15, 0.2) is 47.4 Å². The number of ether oxygens (including phenoxy) is 3. The highest BCUT2D eigenvalue weighted by Gasteiger charge is 2.31. The highest BCUT2D eigenvalue weighted by Crippen LogP contribution is 2.33. The van der Waals surface area contributed by atoms with Gasteiger partial charge in [-0.2, -0.15) is 4.31 Å². The summed E-state index contributed by atoms with van der Waals surface area (Å²) in [6.07, 6.45) is 0. The molecule has 1 amide bonds. The number of hydrogen-bond acceptors (Lipinski definition) is 6. The first kappa shape index (κ1) is 19.5. The summed E-state index contributed by atoms with van der Waals surface area (Å²) in [5.74, 6) is 1.65. The van der Waals surface area contributed by atoms with E-state index in [0.29, 0.717) is 42.5 Å². The van der Waals surface area contributed by atoms with Crippen molar-refractivity contribution in [1.82, 2.24) is 9.21 Å². The van der Waals surface area contributed by atoms with E-state index >= 15 is 0 Å². The van der Waals surface area contributed by atoms with Crippen LogP contribution in [0.25, 0.3) is 0 Å². The molecular formula is C20H22N2O6S. The normalized spacial score (nSPS) is 16.7. The molecule has 0 radical (unpaired) electrons. The lowest BCUT2D eigenvalue weighted by Gasteiger charge is -2.34. The highest BCUT2D eigenvalue weighted by atomic mass is 32.2. The molecule has 0 spiro atoms. The second-order valence-electron chi connectivity index (χ2n) is 6.67. The molecule has 0 N–H and O–H groups in total. The maximum absolute atomic E-state index is 12.9. The number of carbonyl (C=O) groups is 1. The Morgan fingerprint density at radius 2 is 1.69 bits per heavy atom. The third-order valence-electron chi connectivity index (χ3n) is 4.92. The summed E-state index contributed by atoms with van der Waals surface area (Å²) in [7, 11) is -3.61. The molecule has 1 fully saturated rings. The topological polar surface area (TPSA) is 85.4 Å². The number of amides is 1. The van der Waals surface area contributed by atoms with Crippen molar-refractivity contribution < 1.29 is 27.4 Å². The zero-order valence-electron chi connectivity index (χ0n) is 16.0. The summed E-state index contributed by atoms with van der Waals surface area (Å²) < 4.78 is 43.1. The molecule has 2 aromatic rings. The molecule has 2 aromatic carbocycles. The average Bonchev–Trinajstić information content (AvgIpc) is 3.22. The quantitative estimate of drug-likeness (QED) is 0.738. The molecule has 4 rings (SSSR count). The first-order chi connectivity index (χ1) is 14.0. The fourth-order valence-corrected chi connectivity index (χ4v) is 4.79. The minimum Gasteiger partial charge on any atom is -0.494 e. The molecule has 154 valence electrons. The van der Waals surface area contributed by atoms with Gasteiger partial charge in [0.2, 0.25) is 16.8 Å². The lowest BCUT2D eigenvalue weighted by atomic mass is 10.1. The Morgan fingerprint density at radius 1 is 1.00 bits per heavy atom. The average molecular weight is 418 g/mol. The van der Waals surface area contributed by atoms with Gasteiger partial charge in [-0.1, -0.05) is 0 Å². The van der Waals surface area contributed by atoms with Crippen LogP contribution in [0, 0.1) is 0 Å². The number of carbonyl (C=O) groups excluding carboxylic acids is 1. The van der Waals surface area contributed by atoms with Gasteiger partial charge >= 0.3 is 0 Å². The number of hydrogen-bond donors (Lipinski definition) is 0. The lowest BCUT2D eigenvalue weighted by molar-refractivity contribution is 0.0697. The van der Waals surface area contributed by atoms with Gasteiger partial charge in [-0.25, -0.2) is 8.42 Å². The molecule has 29 heavy (non-hydrogen) atoms. The number of rotatable bonds is 5. The van der Waals surface area contributed by atoms with Gasteiger partial charge < -0.3 is 19.1 Å². The highest BCUT2D eigenvalue weighted by molar-refractivity contribution is 7.89. The minimum atomic E-state index is -3.61. The predicted molar refractivity (Wildman–Crippen MR) is 105 cm³/mol. The fourth-order valence-electron chi connectivity index (χ4n) is 3.37. The molecule has 9 heteroatoms. The van der Waals surface area contributed by atoms with E-state index in [-0.39, 0.29) is 30.7 Å². The fraction of sp³-hybridized carbons (Fsp3) is 0.350. The van der Waals surface area contributed by atoms with Crippen molar-refractivity contribution in [3.8, 4) is 17.2 Å². The second-order valence-corrected chi connectivity index (χ2v) is 8.61. The van der Waals surface area contributed by atoms with E-state index in [1.165, 1.54) is 4.31 Å². The number of sulfonamides is 1. The SMILES string of the molecule is CCOc1ccc(S(=O)(=O)N2CCN(C(=O)c3ccc4c(c3)OCO4)CC2)cc1. The molecule has 2 aliphatic rings. The molecule has 0 aliphatic carbocycles. The van der Waals surface area contributed by atoms with Gasteiger partial charge in [0.15, 0.2) is 11.5 Å². The zero-order valence-corrected chi connectivity index (χ0v) is 16.9. The molecule has 0 aromatic heterocycles. The summed E-state index contributed by atoms with van der Waals surface area (Å²) in [6.45, 7) is 3.67. The van der Waals surface area contributed by atoms with Crippen LogP contribution in [0.3, 0.4) is 0 Å². The number of benzene rings is 2. The first-order valence-electron chi connectivity index (χ1n) is 9.41. The predicted octanol–water partition coefficient (Wildman–Crippen LogP) is 1.96. The van der Waals surface area contributed by atoms with Gasteiger partial charge in [-0.15, -0.1) is 0 Å². The standard InChI is InChI=1S/C20H22N2O6S/c1-2-26-16-4-6-17(7-5-16)29(24,25)22-11-9-21(10-12-22)20(23)15-3-8-18-19(13-15)28-14-27-18/h3-8,13H,2,9-12,14H2,1H3. The summed E-state index contributed by atoms with van der Waals surface area (Å²) in [6, 6.07) is 11.5. The van der Waals surface area contributed by atoms with Crippen LogP contribution in [-0.4, -0.2) is 63.1 Å². The smallest absolute Gasteiger partial charge is 0.254 e. The number of piperazine rings is 1. The molecule has 0 unspecified atom stereocenters. The van der Waals surface area contributed by atoms with Gasteiger partial charge in [-0.05, 0) is 49.4 Å². The van der Waals surface area contributed by atoms with E-state index in [1.807, 2.05) is 6.92 Å². The molecular weight excluding hydrogens is 396 g/mol. The number of nitrogens with zero attached hydrogens (tertiary/aromatic N) is 2. The van der Waals surface area contributed by atoms with Crippen molar-refractivity contribution in [2.45, 2.75) is 11.8 Å². The van der Waals surface area contributed by atoms with Crippen molar-refractivity contribution in [2.24, 2.45) is 0 Å². The van der Waals surface area contributed by atoms with E-state index in [1.54, 1.807) is 47.4 Å². The Hall–Kier alpha value is -2.78. The van der Waals surface area contributed by atoms with Crippen molar-refractivity contribution in [1.29, 1.82) is 0 Å². The van der Waals surface area contributed by atoms with Crippen molar-refractivity contribution >= 4 is 15.9 Å². The maximum atomic E-state index is 12.9. The van der Waals surface area contributed by atoms with Crippen LogP contribution in [0.5, 0.6) is 17.2 Å². The Labute approximate surface area is 169 Å². The van der Waals surface area contributed by atoms with Crippen molar-refractivity contribution in [3.05, 3.63) is 48.0 Å². The molecule has 1 saturated heterocycles. The summed E-state index contributed by atoms with van der Waals surface area (Å²) >= 11 is 0. The molecule has 0 bridgehead atoms. The summed E-state index contributed by atoms with van der Waals surface area (Å²) in [4.78, 5) is 14.6. The van der Waals surface area contributed by atoms with Gasteiger partial charge in [0, 0.05) is 31.7 Å². The largest absolute Gasteiger partial charge is 0.494 e. The van der Waals surface area contributed by atoms with E-state index in [2.05, 4.69) is 0 Å². The molecule has 0 atom stereocenters. The van der Waals surface area contributed by atoms with Crippen LogP contribution in [0.4, 0.5) is 0 Å². The van der Waals surface area contributed by atoms with Crippen LogP contribution >= 0.6 is 0 Å². The zero-order chi connectivity index (χ0) is 20.4. The third-order valence-corrected chi connectivity index (χ3v) is 6.83. The van der Waals surface area contributed by atoms with Crippen LogP contribution in [-0.2, 0) is 10.0 Å². The Bertz CT molecular complexity index is 998. The minimum absolute atomic E-state index is 0.148. The van der Waals surface area contributed by atoms with Crippen molar-refractivity contribution in [2.75, 3.05) is 39.6 Å². The summed E-state index contributed by atoms with van der Waals surface area (Å²) in [5, 5.41) is 0. The molecule has 8 nitrogen and oxygen atoms in total. The summed E-state index contributed by atoms with van der Waals surface area (Å²) in [5.41, 5.74) is 0.497. The Balaban J connectivity index is 1.41. The monoisotopic (exact) mass is 418 g/mol. The van der Waals surface area contributed by atoms with E-state index in [9.17, 15) is 13.2 Å². The van der Waals surface area contributed by atoms with Crippen LogP contribution in [0.2, 0.25) is 0 Å². The molecule has 2 aliphatic heterocycles. The van der Waals surface area contributed by atoms with Gasteiger partial charge in [0.05, 0.1) is 11.5 Å². The van der Waals surface area contributed by atoms with Gasteiger partial charge in [0.1, 0.15) is 5.75 Å². The first-order valence-corrected chi connectivity index (χ1v) is 10.8. The van der Waals surface area contributed by atoms with Gasteiger partial charge in [0.25, 0.3) is 5.91 Å². The maximum Gasteiger partial charge on any atom is 0.254 e. The van der Waals surface area contributed by atoms with Crippen LogP contribution in [0.1, 0.15) is 17.3 Å². The molecule has 0 saturated carbocycles. The van der Waals surface area contributed by atoms with Crippen LogP contribution < -0.4 is 14.2 Å². The second kappa shape index (κ2) is 7.92. The third kappa shape index (κ3) is 3.88. The Morgan fingerprint density at radius 3 is 2.38 bits per heavy atom. The lowest BCUT2D eigenvalue weighted by Crippen LogP contribution is -2.50. The van der Waals surface area contributed by atoms with E-state index < -0.39 is 10.0 Å². The van der Waals surface area contributed by atoms with Crippen molar-refractivity contribution in [3.63, 3.8) is 0 Å². The Kier molecular flexibility index (Phi) is 5.33. The molecule has 2 heterocycles. The van der Waals surface area contributed by atoms with E-state index in [0.717, 1.165) is 0 Å². The van der Waals surface area contributed by atoms with E-state index in [4.69, 9.17) is 14.2 Å².